The summed E-state index contributed by atoms with van der Waals surface area (Å²) in [6, 6.07) is 4.27. The van der Waals surface area contributed by atoms with Crippen molar-refractivity contribution >= 4 is 11.9 Å². The van der Waals surface area contributed by atoms with Gasteiger partial charge < -0.3 is 15.0 Å². The lowest BCUT2D eigenvalue weighted by Gasteiger charge is -2.36. The molecule has 0 unspecified atom stereocenters. The van der Waals surface area contributed by atoms with Crippen LogP contribution in [0.15, 0.2) is 35.9 Å². The third-order valence-corrected chi connectivity index (χ3v) is 6.85. The molecule has 1 N–H and O–H groups in total. The molecule has 0 radical (unpaired) electrons. The number of pyridine rings is 1. The van der Waals surface area contributed by atoms with Crippen LogP contribution in [0.1, 0.15) is 44.7 Å². The maximum atomic E-state index is 13.2. The van der Waals surface area contributed by atoms with E-state index in [0.717, 1.165) is 49.2 Å². The predicted molar refractivity (Wildman–Crippen MR) is 108 cm³/mol. The number of carbonyl (C=O) groups excluding carboxylic acids is 2. The van der Waals surface area contributed by atoms with Crippen LogP contribution in [-0.2, 0) is 20.9 Å². The van der Waals surface area contributed by atoms with Gasteiger partial charge in [-0.2, -0.15) is 4.68 Å². The molecule has 5 rings (SSSR count). The molecule has 1 amide bonds. The molecule has 162 valence electrons. The number of nitrogens with one attached hydrogen (secondary N) is 1. The number of ether oxygens (including phenoxy) is 1. The fourth-order valence-electron chi connectivity index (χ4n) is 4.85. The van der Waals surface area contributed by atoms with Gasteiger partial charge in [0.25, 0.3) is 0 Å². The number of hydrogen-bond donors (Lipinski definition) is 1. The summed E-state index contributed by atoms with van der Waals surface area (Å²) in [6.07, 6.45) is 7.78. The maximum Gasteiger partial charge on any atom is 0.336 e. The first-order valence-electron chi connectivity index (χ1n) is 10.7. The van der Waals surface area contributed by atoms with Crippen LogP contribution in [0, 0.1) is 5.41 Å². The Labute approximate surface area is 179 Å². The van der Waals surface area contributed by atoms with Crippen molar-refractivity contribution < 1.29 is 14.3 Å². The van der Waals surface area contributed by atoms with E-state index in [9.17, 15) is 9.59 Å². The van der Waals surface area contributed by atoms with E-state index >= 15 is 0 Å². The first-order valence-corrected chi connectivity index (χ1v) is 10.7. The van der Waals surface area contributed by atoms with E-state index in [-0.39, 0.29) is 23.9 Å². The Morgan fingerprint density at radius 1 is 1.23 bits per heavy atom. The summed E-state index contributed by atoms with van der Waals surface area (Å²) in [6.45, 7) is 3.32. The molecule has 2 aromatic heterocycles. The second-order valence-corrected chi connectivity index (χ2v) is 8.55. The fourth-order valence-corrected chi connectivity index (χ4v) is 4.85. The Balaban J connectivity index is 1.15. The molecule has 2 fully saturated rings. The number of hydrogen-bond acceptors (Lipinski definition) is 8. The minimum atomic E-state index is -0.309. The van der Waals surface area contributed by atoms with E-state index in [1.165, 1.54) is 6.33 Å². The molecule has 2 aliphatic heterocycles. The molecule has 10 nitrogen and oxygen atoms in total. The molecule has 31 heavy (non-hydrogen) atoms. The van der Waals surface area contributed by atoms with Gasteiger partial charge in [-0.25, -0.2) is 4.79 Å². The summed E-state index contributed by atoms with van der Waals surface area (Å²) in [5.41, 5.74) is 2.80. The summed E-state index contributed by atoms with van der Waals surface area (Å²) < 4.78 is 6.67. The van der Waals surface area contributed by atoms with Crippen molar-refractivity contribution in [3.63, 3.8) is 0 Å². The van der Waals surface area contributed by atoms with Crippen LogP contribution in [-0.4, -0.2) is 61.2 Å². The molecule has 3 aliphatic rings. The number of rotatable bonds is 5. The Morgan fingerprint density at radius 3 is 2.71 bits per heavy atom. The van der Waals surface area contributed by atoms with Crippen molar-refractivity contribution in [2.24, 2.45) is 5.41 Å². The molecular weight excluding hydrogens is 398 g/mol. The highest BCUT2D eigenvalue weighted by Crippen LogP contribution is 2.46. The summed E-state index contributed by atoms with van der Waals surface area (Å²) in [5, 5.41) is 14.7. The van der Waals surface area contributed by atoms with Crippen LogP contribution in [0.25, 0.3) is 5.69 Å². The van der Waals surface area contributed by atoms with Gasteiger partial charge in [0.05, 0.1) is 34.3 Å². The topological polar surface area (TPSA) is 115 Å². The second-order valence-electron chi connectivity index (χ2n) is 8.55. The molecule has 0 aromatic carbocycles. The summed E-state index contributed by atoms with van der Waals surface area (Å²) in [4.78, 5) is 31.2. The normalized spacial score (nSPS) is 26.2. The first-order chi connectivity index (χ1) is 15.1. The lowest BCUT2D eigenvalue weighted by molar-refractivity contribution is -0.138. The van der Waals surface area contributed by atoms with Crippen LogP contribution in [0.5, 0.6) is 0 Å². The Hall–Kier alpha value is -3.14. The van der Waals surface area contributed by atoms with Gasteiger partial charge in [-0.3, -0.25) is 9.78 Å². The van der Waals surface area contributed by atoms with Gasteiger partial charge in [0.1, 0.15) is 12.9 Å². The quantitative estimate of drug-likeness (QED) is 0.712. The number of carbonyl (C=O) groups is 2. The van der Waals surface area contributed by atoms with Crippen LogP contribution in [0.3, 0.4) is 0 Å². The van der Waals surface area contributed by atoms with Gasteiger partial charge in [0.15, 0.2) is 0 Å². The van der Waals surface area contributed by atoms with E-state index in [0.29, 0.717) is 24.7 Å². The predicted octanol–water partition coefficient (Wildman–Crippen LogP) is 1.14. The molecule has 1 saturated heterocycles. The number of amides is 1. The highest BCUT2D eigenvalue weighted by atomic mass is 16.5. The minimum absolute atomic E-state index is 0.165. The lowest BCUT2D eigenvalue weighted by atomic mass is 9.71. The van der Waals surface area contributed by atoms with Crippen molar-refractivity contribution in [1.82, 2.24) is 35.4 Å². The molecule has 10 heteroatoms. The van der Waals surface area contributed by atoms with E-state index < -0.39 is 0 Å². The van der Waals surface area contributed by atoms with Crippen molar-refractivity contribution in [2.45, 2.75) is 51.6 Å². The monoisotopic (exact) mass is 423 g/mol. The van der Waals surface area contributed by atoms with E-state index in [2.05, 4.69) is 25.8 Å². The molecule has 4 heterocycles. The molecule has 0 atom stereocenters. The molecule has 1 aliphatic carbocycles. The zero-order valence-electron chi connectivity index (χ0n) is 17.5. The number of aromatic nitrogens is 5. The Morgan fingerprint density at radius 2 is 2.06 bits per heavy atom. The molecule has 2 aromatic rings. The number of likely N-dealkylation sites (tertiary alicyclic amines) is 1. The van der Waals surface area contributed by atoms with Crippen molar-refractivity contribution in [1.29, 1.82) is 0 Å². The molecular formula is C21H25N7O3. The largest absolute Gasteiger partial charge is 0.456 e. The van der Waals surface area contributed by atoms with Crippen LogP contribution < -0.4 is 5.32 Å². The van der Waals surface area contributed by atoms with E-state index in [4.69, 9.17) is 4.74 Å². The highest BCUT2D eigenvalue weighted by Gasteiger charge is 2.50. The average Bonchev–Trinajstić information content (AvgIpc) is 3.51. The summed E-state index contributed by atoms with van der Waals surface area (Å²) in [7, 11) is 0. The van der Waals surface area contributed by atoms with Gasteiger partial charge in [0.2, 0.25) is 5.91 Å². The van der Waals surface area contributed by atoms with Crippen molar-refractivity contribution in [2.75, 3.05) is 13.2 Å². The minimum Gasteiger partial charge on any atom is -0.456 e. The third-order valence-electron chi connectivity index (χ3n) is 6.85. The van der Waals surface area contributed by atoms with Crippen LogP contribution >= 0.6 is 0 Å². The van der Waals surface area contributed by atoms with Gasteiger partial charge in [-0.05, 0) is 61.6 Å². The van der Waals surface area contributed by atoms with Crippen LogP contribution in [0.2, 0.25) is 0 Å². The highest BCUT2D eigenvalue weighted by molar-refractivity contribution is 5.94. The van der Waals surface area contributed by atoms with Crippen molar-refractivity contribution in [3.05, 3.63) is 41.6 Å². The summed E-state index contributed by atoms with van der Waals surface area (Å²) >= 11 is 0. The Bertz CT molecular complexity index is 1010. The number of tetrazole rings is 1. The van der Waals surface area contributed by atoms with Gasteiger partial charge in [-0.1, -0.05) is 0 Å². The fraction of sp³-hybridized carbons (Fsp3) is 0.524. The zero-order chi connectivity index (χ0) is 21.4. The number of esters is 1. The third kappa shape index (κ3) is 3.60. The van der Waals surface area contributed by atoms with Gasteiger partial charge in [-0.15, -0.1) is 5.10 Å². The second kappa shape index (κ2) is 7.84. The lowest BCUT2D eigenvalue weighted by Crippen LogP contribution is -2.42. The van der Waals surface area contributed by atoms with E-state index in [1.807, 2.05) is 12.1 Å². The molecule has 0 bridgehead atoms. The average molecular weight is 423 g/mol. The SMILES string of the molecule is CC1=C(N2CCC3(CCC(NCc4ccc(-n5cnnn5)cn4)CC3)C2=O)COC1=O. The van der Waals surface area contributed by atoms with Gasteiger partial charge >= 0.3 is 5.97 Å². The van der Waals surface area contributed by atoms with Gasteiger partial charge in [0, 0.05) is 19.1 Å². The smallest absolute Gasteiger partial charge is 0.336 e. The number of cyclic esters (lactones) is 1. The van der Waals surface area contributed by atoms with Crippen molar-refractivity contribution in [3.8, 4) is 5.69 Å². The zero-order valence-corrected chi connectivity index (χ0v) is 17.5. The summed E-state index contributed by atoms with van der Waals surface area (Å²) in [5.74, 6) is -0.144. The van der Waals surface area contributed by atoms with E-state index in [1.54, 1.807) is 22.7 Å². The standard InChI is InChI=1S/C21H25N7O3/c1-14-18(12-31-19(14)29)27-9-8-21(20(27)30)6-4-15(5-7-21)22-10-16-2-3-17(11-23-16)28-13-24-25-26-28/h2-3,11,13,15,22H,4-10,12H2,1H3. The Kier molecular flexibility index (Phi) is 5.01. The maximum absolute atomic E-state index is 13.2. The number of nitrogens with zero attached hydrogens (tertiary/aromatic N) is 6. The first kappa shape index (κ1) is 19.8. The molecule has 1 saturated carbocycles. The molecule has 1 spiro atoms. The van der Waals surface area contributed by atoms with Crippen LogP contribution in [0.4, 0.5) is 0 Å².